The number of esters is 3. The molecular formula is C61H86O21. The molecule has 82 heavy (non-hydrogen) atoms. The third-order valence-corrected chi connectivity index (χ3v) is 9.27. The maximum Gasteiger partial charge on any atom is 0.338 e. The Morgan fingerprint density at radius 2 is 0.439 bits per heavy atom. The van der Waals surface area contributed by atoms with Gasteiger partial charge >= 0.3 is 17.9 Å². The summed E-state index contributed by atoms with van der Waals surface area (Å²) in [4.78, 5) is 36.9. The average Bonchev–Trinajstić information content (AvgIpc) is 3.51. The molecule has 2 aromatic rings. The van der Waals surface area contributed by atoms with Crippen molar-refractivity contribution >= 4 is 17.9 Å². The predicted octanol–water partition coefficient (Wildman–Crippen LogP) is 10.4. The van der Waals surface area contributed by atoms with Crippen LogP contribution in [0.1, 0.15) is 66.2 Å². The van der Waals surface area contributed by atoms with Gasteiger partial charge in [-0.15, -0.1) is 0 Å². The summed E-state index contributed by atoms with van der Waals surface area (Å²) in [6.45, 7) is 45.7. The van der Waals surface area contributed by atoms with Gasteiger partial charge in [0.2, 0.25) is 0 Å². The standard InChI is InChI=1S/C26H38O8.C21H24O9.C8H14O2.C6H10O2/c1-5-27-9-13-31-19-23-17-25(21-33-15-11-29-7-3)26(22-34-16-12-30-8-4)18-24(23)20-32-14-10-28-6-2;1-4-25-7-10-28-19(22)16-13-17(20(23)29-11-8-26-5-2)15-18(14-16)21(24)30-12-9-27-6-3;1-3-9-7-5-6-8-10-4-2;1-3-7-5-6-8-4-2/h5-8,17-18H,1-4,9-16,19-22H2;4-6,13-15H,1-3,7-12H2;3-4H,1-2,5-8H2;3-4H,1-2,5-6H2. The van der Waals surface area contributed by atoms with Crippen LogP contribution in [0.15, 0.2) is 172 Å². The Balaban J connectivity index is 0. The van der Waals surface area contributed by atoms with Crippen molar-refractivity contribution in [2.24, 2.45) is 0 Å². The summed E-state index contributed by atoms with van der Waals surface area (Å²) in [6.07, 6.45) is 16.9. The Hall–Kier alpha value is -8.37. The van der Waals surface area contributed by atoms with Gasteiger partial charge in [-0.3, -0.25) is 0 Å². The second-order valence-electron chi connectivity index (χ2n) is 14.9. The summed E-state index contributed by atoms with van der Waals surface area (Å²) in [5, 5.41) is 0. The summed E-state index contributed by atoms with van der Waals surface area (Å²) < 4.78 is 92.7. The van der Waals surface area contributed by atoms with E-state index in [9.17, 15) is 14.4 Å². The van der Waals surface area contributed by atoms with Gasteiger partial charge in [-0.25, -0.2) is 14.4 Å². The van der Waals surface area contributed by atoms with Crippen molar-refractivity contribution in [1.29, 1.82) is 0 Å². The Bertz CT molecular complexity index is 1840. The van der Waals surface area contributed by atoms with Gasteiger partial charge in [0.15, 0.2) is 0 Å². The molecule has 456 valence electrons. The molecular weight excluding hydrogens is 1070 g/mol. The van der Waals surface area contributed by atoms with Crippen LogP contribution in [-0.4, -0.2) is 137 Å². The molecule has 0 heterocycles. The molecule has 0 aliphatic carbocycles. The molecule has 0 saturated carbocycles. The lowest BCUT2D eigenvalue weighted by Crippen LogP contribution is -2.16. The lowest BCUT2D eigenvalue weighted by Gasteiger charge is -2.18. The lowest BCUT2D eigenvalue weighted by atomic mass is 9.99. The van der Waals surface area contributed by atoms with Gasteiger partial charge in [-0.1, -0.05) is 84.5 Å². The molecule has 0 amide bonds. The third-order valence-electron chi connectivity index (χ3n) is 9.27. The molecule has 21 heteroatoms. The zero-order valence-electron chi connectivity index (χ0n) is 47.6. The minimum Gasteiger partial charge on any atom is -0.502 e. The number of hydrogen-bond donors (Lipinski definition) is 0. The fourth-order valence-electron chi connectivity index (χ4n) is 5.65. The Morgan fingerprint density at radius 1 is 0.256 bits per heavy atom. The highest BCUT2D eigenvalue weighted by atomic mass is 16.6. The van der Waals surface area contributed by atoms with E-state index in [2.05, 4.69) is 84.5 Å². The van der Waals surface area contributed by atoms with Gasteiger partial charge < -0.3 is 85.3 Å². The second kappa shape index (κ2) is 58.8. The number of hydrogen-bond acceptors (Lipinski definition) is 21. The van der Waals surface area contributed by atoms with Crippen LogP contribution < -0.4 is 0 Å². The van der Waals surface area contributed by atoms with Gasteiger partial charge in [-0.05, 0) is 53.3 Å². The van der Waals surface area contributed by atoms with E-state index in [-0.39, 0.29) is 56.3 Å². The normalized spacial score (nSPS) is 9.56. The molecule has 0 aliphatic heterocycles. The smallest absolute Gasteiger partial charge is 0.338 e. The number of carbonyl (C=O) groups is 3. The van der Waals surface area contributed by atoms with E-state index in [1.54, 1.807) is 0 Å². The highest BCUT2D eigenvalue weighted by Gasteiger charge is 2.19. The summed E-state index contributed by atoms with van der Waals surface area (Å²) in [7, 11) is 0. The molecule has 0 unspecified atom stereocenters. The molecule has 0 saturated heterocycles. The molecule has 0 spiro atoms. The van der Waals surface area contributed by atoms with E-state index in [1.807, 2.05) is 0 Å². The van der Waals surface area contributed by atoms with E-state index in [0.29, 0.717) is 92.5 Å². The predicted molar refractivity (Wildman–Crippen MR) is 309 cm³/mol. The zero-order valence-corrected chi connectivity index (χ0v) is 47.6. The summed E-state index contributed by atoms with van der Waals surface area (Å²) in [5.74, 6) is -2.26. The minimum absolute atomic E-state index is 0.0281. The molecule has 0 bridgehead atoms. The van der Waals surface area contributed by atoms with Gasteiger partial charge in [0.05, 0.1) is 152 Å². The largest absolute Gasteiger partial charge is 0.502 e. The Kier molecular flexibility index (Phi) is 54.3. The molecule has 0 N–H and O–H groups in total. The number of carbonyl (C=O) groups excluding carboxylic acids is 3. The summed E-state index contributed by atoms with van der Waals surface area (Å²) >= 11 is 0. The summed E-state index contributed by atoms with van der Waals surface area (Å²) in [6, 6.07) is 7.90. The molecule has 0 radical (unpaired) electrons. The molecule has 0 aromatic heterocycles. The maximum absolute atomic E-state index is 12.3. The monoisotopic (exact) mass is 1150 g/mol. The molecule has 2 rings (SSSR count). The van der Waals surface area contributed by atoms with Crippen molar-refractivity contribution in [1.82, 2.24) is 0 Å². The van der Waals surface area contributed by atoms with E-state index < -0.39 is 17.9 Å². The van der Waals surface area contributed by atoms with Gasteiger partial charge in [0, 0.05) is 0 Å². The summed E-state index contributed by atoms with van der Waals surface area (Å²) in [5.41, 5.74) is 3.93. The third kappa shape index (κ3) is 44.5. The van der Waals surface area contributed by atoms with Crippen molar-refractivity contribution < 1.29 is 99.6 Å². The lowest BCUT2D eigenvalue weighted by molar-refractivity contribution is 0.0414. The fraction of sp³-hybridized carbons (Fsp3) is 0.393. The van der Waals surface area contributed by atoms with Crippen LogP contribution in [0.4, 0.5) is 0 Å². The molecule has 21 nitrogen and oxygen atoms in total. The number of rotatable bonds is 51. The number of unbranched alkanes of at least 4 members (excludes halogenated alkanes) is 1. The van der Waals surface area contributed by atoms with Crippen LogP contribution in [0.25, 0.3) is 0 Å². The quantitative estimate of drug-likeness (QED) is 0.0260. The van der Waals surface area contributed by atoms with Crippen molar-refractivity contribution in [2.75, 3.05) is 119 Å². The SMILES string of the molecule is C=COCCCCOC=C.C=COCCOC(=O)c1cc(C(=O)OCCOC=C)cc(C(=O)OCCOC=C)c1.C=COCCOC=C.C=COCCOCc1cc(COCCOC=C)c(COCCOC=C)cc1COCCOC=C. The first-order chi connectivity index (χ1) is 40.1. The van der Waals surface area contributed by atoms with Crippen molar-refractivity contribution in [3.8, 4) is 0 Å². The van der Waals surface area contributed by atoms with Crippen LogP contribution in [-0.2, 0) is 112 Å². The zero-order chi connectivity index (χ0) is 60.8. The van der Waals surface area contributed by atoms with E-state index in [0.717, 1.165) is 48.3 Å². The van der Waals surface area contributed by atoms with Gasteiger partial charge in [-0.2, -0.15) is 0 Å². The van der Waals surface area contributed by atoms with E-state index >= 15 is 0 Å². The van der Waals surface area contributed by atoms with Crippen molar-refractivity contribution in [3.63, 3.8) is 0 Å². The first-order valence-corrected chi connectivity index (χ1v) is 25.7. The van der Waals surface area contributed by atoms with E-state index in [1.165, 1.54) is 87.1 Å². The first-order valence-electron chi connectivity index (χ1n) is 25.7. The average molecular weight is 1160 g/mol. The van der Waals surface area contributed by atoms with Crippen LogP contribution in [0.5, 0.6) is 0 Å². The molecule has 0 atom stereocenters. The molecule has 0 fully saturated rings. The highest BCUT2D eigenvalue weighted by molar-refractivity contribution is 6.00. The first kappa shape index (κ1) is 75.7. The van der Waals surface area contributed by atoms with Crippen LogP contribution in [0.2, 0.25) is 0 Å². The van der Waals surface area contributed by atoms with Crippen molar-refractivity contribution in [2.45, 2.75) is 39.3 Å². The minimum atomic E-state index is -0.753. The van der Waals surface area contributed by atoms with Crippen LogP contribution >= 0.6 is 0 Å². The molecule has 2 aromatic carbocycles. The van der Waals surface area contributed by atoms with Gasteiger partial charge in [0.1, 0.15) is 79.3 Å². The Morgan fingerprint density at radius 3 is 0.646 bits per heavy atom. The van der Waals surface area contributed by atoms with Crippen LogP contribution in [0.3, 0.4) is 0 Å². The number of benzene rings is 2. The van der Waals surface area contributed by atoms with E-state index in [4.69, 9.17) is 85.3 Å². The van der Waals surface area contributed by atoms with Crippen LogP contribution in [0, 0.1) is 0 Å². The highest BCUT2D eigenvalue weighted by Crippen LogP contribution is 2.22. The van der Waals surface area contributed by atoms with Crippen molar-refractivity contribution in [3.05, 3.63) is 211 Å². The second-order valence-corrected chi connectivity index (χ2v) is 14.9. The molecule has 0 aliphatic rings. The number of ether oxygens (including phenoxy) is 18. The topological polar surface area (TPSA) is 217 Å². The van der Waals surface area contributed by atoms with Gasteiger partial charge in [0.25, 0.3) is 0 Å². The Labute approximate surface area is 484 Å². The fourth-order valence-corrected chi connectivity index (χ4v) is 5.65. The maximum atomic E-state index is 12.3.